The van der Waals surface area contributed by atoms with Gasteiger partial charge in [0.25, 0.3) is 0 Å². The maximum absolute atomic E-state index is 14.1. The second kappa shape index (κ2) is 6.73. The Balaban J connectivity index is 2.08. The van der Waals surface area contributed by atoms with Crippen LogP contribution in [0.5, 0.6) is 0 Å². The summed E-state index contributed by atoms with van der Waals surface area (Å²) in [6, 6.07) is 3.56. The van der Waals surface area contributed by atoms with E-state index in [4.69, 9.17) is 9.47 Å². The van der Waals surface area contributed by atoms with Crippen molar-refractivity contribution in [2.75, 3.05) is 13.2 Å². The van der Waals surface area contributed by atoms with Crippen LogP contribution < -0.4 is 0 Å². The molecule has 5 heteroatoms. The molecule has 0 unspecified atom stereocenters. The van der Waals surface area contributed by atoms with Gasteiger partial charge in [0.15, 0.2) is 0 Å². The highest BCUT2D eigenvalue weighted by Gasteiger charge is 2.42. The lowest BCUT2D eigenvalue weighted by atomic mass is 9.85. The number of esters is 1. The zero-order valence-corrected chi connectivity index (χ0v) is 13.2. The normalized spacial score (nSPS) is 24.7. The standard InChI is InChI=1S/C17H22F2O3/c1-4-17(14-6-5-13(18)7-15(14)19)8-12(10-22-17)9-21-16(20)11(2)3/h5-7,11-12H,4,8-10H2,1-3H3/t12-,17+/m1/s1. The minimum atomic E-state index is -0.771. The van der Waals surface area contributed by atoms with Crippen molar-refractivity contribution >= 4 is 5.97 Å². The van der Waals surface area contributed by atoms with Crippen molar-refractivity contribution in [2.24, 2.45) is 11.8 Å². The molecule has 0 amide bonds. The van der Waals surface area contributed by atoms with E-state index in [1.165, 1.54) is 12.1 Å². The molecule has 1 aromatic carbocycles. The molecule has 1 aliphatic heterocycles. The first-order chi connectivity index (χ1) is 10.4. The number of ether oxygens (including phenoxy) is 2. The molecule has 0 saturated carbocycles. The number of benzene rings is 1. The van der Waals surface area contributed by atoms with E-state index in [1.54, 1.807) is 13.8 Å². The number of hydrogen-bond acceptors (Lipinski definition) is 3. The Bertz CT molecular complexity index is 545. The van der Waals surface area contributed by atoms with Crippen LogP contribution in [0.1, 0.15) is 39.2 Å². The van der Waals surface area contributed by atoms with Crippen LogP contribution in [-0.2, 0) is 19.9 Å². The second-order valence-corrected chi connectivity index (χ2v) is 6.14. The monoisotopic (exact) mass is 312 g/mol. The Morgan fingerprint density at radius 1 is 1.45 bits per heavy atom. The Morgan fingerprint density at radius 2 is 2.18 bits per heavy atom. The van der Waals surface area contributed by atoms with Crippen molar-refractivity contribution in [2.45, 2.75) is 39.2 Å². The SMILES string of the molecule is CC[C@@]1(c2ccc(F)cc2F)C[C@H](COC(=O)C(C)C)CO1. The highest BCUT2D eigenvalue weighted by atomic mass is 19.1. The van der Waals surface area contributed by atoms with Crippen molar-refractivity contribution in [3.63, 3.8) is 0 Å². The molecule has 0 spiro atoms. The molecule has 0 bridgehead atoms. The Morgan fingerprint density at radius 3 is 2.77 bits per heavy atom. The lowest BCUT2D eigenvalue weighted by molar-refractivity contribution is -0.148. The summed E-state index contributed by atoms with van der Waals surface area (Å²) in [6.07, 6.45) is 1.13. The molecule has 22 heavy (non-hydrogen) atoms. The van der Waals surface area contributed by atoms with Gasteiger partial charge in [-0.15, -0.1) is 0 Å². The number of carbonyl (C=O) groups excluding carboxylic acids is 1. The van der Waals surface area contributed by atoms with Crippen molar-refractivity contribution in [1.82, 2.24) is 0 Å². The van der Waals surface area contributed by atoms with E-state index in [9.17, 15) is 13.6 Å². The molecular formula is C17H22F2O3. The predicted octanol–water partition coefficient (Wildman–Crippen LogP) is 3.81. The summed E-state index contributed by atoms with van der Waals surface area (Å²) in [5.74, 6) is -1.60. The third kappa shape index (κ3) is 3.46. The molecule has 0 radical (unpaired) electrons. The molecule has 0 aromatic heterocycles. The van der Waals surface area contributed by atoms with Gasteiger partial charge in [-0.25, -0.2) is 8.78 Å². The maximum atomic E-state index is 14.1. The summed E-state index contributed by atoms with van der Waals surface area (Å²) in [6.45, 7) is 6.12. The van der Waals surface area contributed by atoms with E-state index in [2.05, 4.69) is 0 Å². The van der Waals surface area contributed by atoms with Gasteiger partial charge in [0.2, 0.25) is 0 Å². The molecule has 0 N–H and O–H groups in total. The predicted molar refractivity (Wildman–Crippen MR) is 78.2 cm³/mol. The smallest absolute Gasteiger partial charge is 0.308 e. The third-order valence-electron chi connectivity index (χ3n) is 4.14. The molecule has 1 fully saturated rings. The van der Waals surface area contributed by atoms with Crippen LogP contribution in [0.3, 0.4) is 0 Å². The number of rotatable bonds is 5. The largest absolute Gasteiger partial charge is 0.465 e. The van der Waals surface area contributed by atoms with Crippen LogP contribution in [0, 0.1) is 23.5 Å². The van der Waals surface area contributed by atoms with E-state index in [0.29, 0.717) is 25.0 Å². The first-order valence-corrected chi connectivity index (χ1v) is 7.64. The van der Waals surface area contributed by atoms with Crippen LogP contribution in [0.4, 0.5) is 8.78 Å². The molecule has 1 aromatic rings. The Kier molecular flexibility index (Phi) is 5.16. The van der Waals surface area contributed by atoms with Gasteiger partial charge < -0.3 is 9.47 Å². The summed E-state index contributed by atoms with van der Waals surface area (Å²) < 4.78 is 38.2. The number of hydrogen-bond donors (Lipinski definition) is 0. The molecular weight excluding hydrogens is 290 g/mol. The molecule has 2 atom stereocenters. The van der Waals surface area contributed by atoms with Crippen LogP contribution in [0.25, 0.3) is 0 Å². The van der Waals surface area contributed by atoms with Gasteiger partial charge >= 0.3 is 5.97 Å². The minimum Gasteiger partial charge on any atom is -0.465 e. The third-order valence-corrected chi connectivity index (χ3v) is 4.14. The van der Waals surface area contributed by atoms with Gasteiger partial charge in [-0.05, 0) is 18.9 Å². The summed E-state index contributed by atoms with van der Waals surface area (Å²) >= 11 is 0. The van der Waals surface area contributed by atoms with E-state index in [0.717, 1.165) is 6.07 Å². The molecule has 1 aliphatic rings. The van der Waals surface area contributed by atoms with E-state index < -0.39 is 17.2 Å². The van der Waals surface area contributed by atoms with E-state index >= 15 is 0 Å². The maximum Gasteiger partial charge on any atom is 0.308 e. The molecule has 122 valence electrons. The van der Waals surface area contributed by atoms with Crippen LogP contribution in [0.2, 0.25) is 0 Å². The first-order valence-electron chi connectivity index (χ1n) is 7.64. The fourth-order valence-electron chi connectivity index (χ4n) is 2.82. The summed E-state index contributed by atoms with van der Waals surface area (Å²) in [7, 11) is 0. The average Bonchev–Trinajstić information content (AvgIpc) is 2.89. The topological polar surface area (TPSA) is 35.5 Å². The van der Waals surface area contributed by atoms with Gasteiger partial charge in [-0.3, -0.25) is 4.79 Å². The highest BCUT2D eigenvalue weighted by molar-refractivity contribution is 5.71. The Hall–Kier alpha value is -1.49. The molecule has 1 heterocycles. The lowest BCUT2D eigenvalue weighted by Gasteiger charge is -2.28. The van der Waals surface area contributed by atoms with Gasteiger partial charge in [0.05, 0.1) is 24.7 Å². The van der Waals surface area contributed by atoms with Crippen molar-refractivity contribution in [3.05, 3.63) is 35.4 Å². The quantitative estimate of drug-likeness (QED) is 0.776. The fraction of sp³-hybridized carbons (Fsp3) is 0.588. The Labute approximate surface area is 129 Å². The molecule has 1 saturated heterocycles. The van der Waals surface area contributed by atoms with Gasteiger partial charge in [-0.2, -0.15) is 0 Å². The van der Waals surface area contributed by atoms with Crippen LogP contribution >= 0.6 is 0 Å². The lowest BCUT2D eigenvalue weighted by Crippen LogP contribution is -2.26. The fourth-order valence-corrected chi connectivity index (χ4v) is 2.82. The van der Waals surface area contributed by atoms with E-state index in [1.807, 2.05) is 6.92 Å². The molecule has 3 nitrogen and oxygen atoms in total. The molecule has 0 aliphatic carbocycles. The summed E-state index contributed by atoms with van der Waals surface area (Å²) in [5.41, 5.74) is -0.402. The number of carbonyl (C=O) groups is 1. The average molecular weight is 312 g/mol. The van der Waals surface area contributed by atoms with Crippen molar-refractivity contribution in [3.8, 4) is 0 Å². The highest BCUT2D eigenvalue weighted by Crippen LogP contribution is 2.43. The summed E-state index contributed by atoms with van der Waals surface area (Å²) in [5, 5.41) is 0. The van der Waals surface area contributed by atoms with Gasteiger partial charge in [-0.1, -0.05) is 26.8 Å². The first kappa shape index (κ1) is 16.9. The van der Waals surface area contributed by atoms with Gasteiger partial charge in [0, 0.05) is 17.5 Å². The van der Waals surface area contributed by atoms with E-state index in [-0.39, 0.29) is 24.4 Å². The summed E-state index contributed by atoms with van der Waals surface area (Å²) in [4.78, 5) is 11.5. The zero-order chi connectivity index (χ0) is 16.3. The molecule has 2 rings (SSSR count). The second-order valence-electron chi connectivity index (χ2n) is 6.14. The van der Waals surface area contributed by atoms with Crippen LogP contribution in [0.15, 0.2) is 18.2 Å². The van der Waals surface area contributed by atoms with Crippen molar-refractivity contribution in [1.29, 1.82) is 0 Å². The van der Waals surface area contributed by atoms with Crippen LogP contribution in [-0.4, -0.2) is 19.2 Å². The number of halogens is 2. The zero-order valence-electron chi connectivity index (χ0n) is 13.2. The van der Waals surface area contributed by atoms with Crippen molar-refractivity contribution < 1.29 is 23.0 Å². The minimum absolute atomic E-state index is 0.0205. The van der Waals surface area contributed by atoms with Gasteiger partial charge in [0.1, 0.15) is 11.6 Å².